The Morgan fingerprint density at radius 3 is 2.59 bits per heavy atom. The van der Waals surface area contributed by atoms with Crippen LogP contribution >= 0.6 is 0 Å². The first-order chi connectivity index (χ1) is 8.25. The highest BCUT2D eigenvalue weighted by atomic mass is 19.1. The molecule has 2 aromatic rings. The van der Waals surface area contributed by atoms with Gasteiger partial charge in [0.2, 0.25) is 0 Å². The molecule has 2 heteroatoms. The van der Waals surface area contributed by atoms with Gasteiger partial charge in [-0.1, -0.05) is 30.3 Å². The van der Waals surface area contributed by atoms with Crippen LogP contribution in [-0.2, 0) is 6.42 Å². The van der Waals surface area contributed by atoms with Crippen molar-refractivity contribution in [2.24, 2.45) is 0 Å². The highest BCUT2D eigenvalue weighted by Crippen LogP contribution is 2.29. The first kappa shape index (κ1) is 10.2. The minimum Gasteiger partial charge on any atom is -0.294 e. The van der Waals surface area contributed by atoms with E-state index in [1.807, 2.05) is 18.2 Å². The van der Waals surface area contributed by atoms with Gasteiger partial charge in [-0.3, -0.25) is 4.79 Å². The lowest BCUT2D eigenvalue weighted by Crippen LogP contribution is -1.92. The number of fused-ring (bicyclic) bond motifs is 1. The fourth-order valence-corrected chi connectivity index (χ4v) is 2.30. The molecule has 0 spiro atoms. The molecule has 0 N–H and O–H groups in total. The van der Waals surface area contributed by atoms with Crippen molar-refractivity contribution in [3.63, 3.8) is 0 Å². The first-order valence-electron chi connectivity index (χ1n) is 5.67. The largest absolute Gasteiger partial charge is 0.294 e. The molecule has 0 atom stereocenters. The van der Waals surface area contributed by atoms with Gasteiger partial charge in [0.1, 0.15) is 5.82 Å². The maximum Gasteiger partial charge on any atom is 0.163 e. The minimum absolute atomic E-state index is 0.165. The molecule has 0 fully saturated rings. The van der Waals surface area contributed by atoms with E-state index >= 15 is 0 Å². The number of halogens is 1. The summed E-state index contributed by atoms with van der Waals surface area (Å²) in [5, 5.41) is 0. The molecule has 17 heavy (non-hydrogen) atoms. The summed E-state index contributed by atoms with van der Waals surface area (Å²) in [5.74, 6) is -0.0870. The third-order valence-corrected chi connectivity index (χ3v) is 3.22. The summed E-state index contributed by atoms with van der Waals surface area (Å²) < 4.78 is 13.6. The number of carbonyl (C=O) groups excluding carboxylic acids is 1. The Bertz CT molecular complexity index is 602. The van der Waals surface area contributed by atoms with Crippen molar-refractivity contribution < 1.29 is 9.18 Å². The van der Waals surface area contributed by atoms with E-state index in [0.29, 0.717) is 12.0 Å². The van der Waals surface area contributed by atoms with Crippen molar-refractivity contribution in [2.45, 2.75) is 12.8 Å². The molecule has 2 aromatic carbocycles. The molecule has 1 nitrogen and oxygen atoms in total. The second-order valence-corrected chi connectivity index (χ2v) is 4.27. The summed E-state index contributed by atoms with van der Waals surface area (Å²) in [5.41, 5.74) is 3.16. The number of hydrogen-bond donors (Lipinski definition) is 0. The minimum atomic E-state index is -0.252. The van der Waals surface area contributed by atoms with Crippen LogP contribution in [0.4, 0.5) is 4.39 Å². The van der Waals surface area contributed by atoms with Crippen molar-refractivity contribution >= 4 is 5.78 Å². The summed E-state index contributed by atoms with van der Waals surface area (Å²) in [6.07, 6.45) is 1.39. The van der Waals surface area contributed by atoms with Crippen molar-refractivity contribution in [3.05, 3.63) is 59.4 Å². The average molecular weight is 226 g/mol. The number of Topliss-reactive ketones (excluding diaryl/α,β-unsaturated/α-hetero) is 1. The van der Waals surface area contributed by atoms with E-state index < -0.39 is 0 Å². The first-order valence-corrected chi connectivity index (χ1v) is 5.67. The van der Waals surface area contributed by atoms with Crippen LogP contribution in [0, 0.1) is 5.82 Å². The number of hydrogen-bond acceptors (Lipinski definition) is 1. The molecule has 0 radical (unpaired) electrons. The van der Waals surface area contributed by atoms with Crippen molar-refractivity contribution in [1.29, 1.82) is 0 Å². The highest BCUT2D eigenvalue weighted by Gasteiger charge is 2.20. The number of ketones is 1. The maximum atomic E-state index is 13.6. The molecular weight excluding hydrogens is 215 g/mol. The lowest BCUT2D eigenvalue weighted by Gasteiger charge is -2.05. The Morgan fingerprint density at radius 2 is 1.76 bits per heavy atom. The predicted octanol–water partition coefficient (Wildman–Crippen LogP) is 3.62. The van der Waals surface area contributed by atoms with E-state index in [9.17, 15) is 9.18 Å². The van der Waals surface area contributed by atoms with Crippen LogP contribution in [0.15, 0.2) is 42.5 Å². The molecule has 1 aliphatic carbocycles. The molecule has 0 heterocycles. The van der Waals surface area contributed by atoms with Crippen LogP contribution in [0.1, 0.15) is 22.3 Å². The summed E-state index contributed by atoms with van der Waals surface area (Å²) in [6.45, 7) is 0. The van der Waals surface area contributed by atoms with E-state index in [-0.39, 0.29) is 11.6 Å². The topological polar surface area (TPSA) is 17.1 Å². The van der Waals surface area contributed by atoms with Crippen LogP contribution < -0.4 is 0 Å². The Labute approximate surface area is 98.9 Å². The quantitative estimate of drug-likeness (QED) is 0.725. The molecule has 3 rings (SSSR count). The fraction of sp³-hybridized carbons (Fsp3) is 0.133. The monoisotopic (exact) mass is 226 g/mol. The van der Waals surface area contributed by atoms with Gasteiger partial charge in [-0.2, -0.15) is 0 Å². The number of benzene rings is 2. The molecule has 0 saturated carbocycles. The van der Waals surface area contributed by atoms with Crippen LogP contribution in [0.25, 0.3) is 11.1 Å². The Balaban J connectivity index is 2.15. The summed E-state index contributed by atoms with van der Waals surface area (Å²) in [6, 6.07) is 12.3. The molecule has 84 valence electrons. The zero-order valence-electron chi connectivity index (χ0n) is 9.24. The normalized spacial score (nSPS) is 13.8. The van der Waals surface area contributed by atoms with Gasteiger partial charge in [0.15, 0.2) is 5.78 Å². The van der Waals surface area contributed by atoms with Gasteiger partial charge in [0, 0.05) is 17.5 Å². The van der Waals surface area contributed by atoms with Gasteiger partial charge in [-0.25, -0.2) is 4.39 Å². The van der Waals surface area contributed by atoms with Crippen LogP contribution in [0.3, 0.4) is 0 Å². The molecule has 0 aliphatic heterocycles. The van der Waals surface area contributed by atoms with E-state index in [1.165, 1.54) is 6.07 Å². The Kier molecular flexibility index (Phi) is 2.29. The third kappa shape index (κ3) is 1.66. The molecule has 1 aliphatic rings. The fourth-order valence-electron chi connectivity index (χ4n) is 2.30. The van der Waals surface area contributed by atoms with Crippen molar-refractivity contribution in [3.8, 4) is 11.1 Å². The Hall–Kier alpha value is -1.96. The van der Waals surface area contributed by atoms with E-state index in [1.54, 1.807) is 18.2 Å². The van der Waals surface area contributed by atoms with E-state index in [4.69, 9.17) is 0 Å². The van der Waals surface area contributed by atoms with Crippen LogP contribution in [-0.4, -0.2) is 5.78 Å². The zero-order valence-corrected chi connectivity index (χ0v) is 9.24. The molecule has 0 unspecified atom stereocenters. The van der Waals surface area contributed by atoms with E-state index in [0.717, 1.165) is 23.1 Å². The van der Waals surface area contributed by atoms with Gasteiger partial charge >= 0.3 is 0 Å². The van der Waals surface area contributed by atoms with Crippen molar-refractivity contribution in [2.75, 3.05) is 0 Å². The highest BCUT2D eigenvalue weighted by molar-refractivity contribution is 6.01. The SMILES string of the molecule is O=C1CCc2ccc(-c3ccccc3F)cc21. The standard InChI is InChI=1S/C15H11FO/c16-14-4-2-1-3-12(14)11-6-5-10-7-8-15(17)13(10)9-11/h1-6,9H,7-8H2. The second kappa shape index (κ2) is 3.81. The van der Waals surface area contributed by atoms with Gasteiger partial charge in [-0.15, -0.1) is 0 Å². The van der Waals surface area contributed by atoms with E-state index in [2.05, 4.69) is 0 Å². The van der Waals surface area contributed by atoms with Gasteiger partial charge in [0.25, 0.3) is 0 Å². The third-order valence-electron chi connectivity index (χ3n) is 3.22. The Morgan fingerprint density at radius 1 is 0.941 bits per heavy atom. The smallest absolute Gasteiger partial charge is 0.163 e. The number of aryl methyl sites for hydroxylation is 1. The molecule has 0 aromatic heterocycles. The maximum absolute atomic E-state index is 13.6. The summed E-state index contributed by atoms with van der Waals surface area (Å²) in [4.78, 5) is 11.6. The molecule has 0 saturated heterocycles. The lowest BCUT2D eigenvalue weighted by molar-refractivity contribution is 0.0994. The number of carbonyl (C=O) groups is 1. The molecule has 0 amide bonds. The zero-order chi connectivity index (χ0) is 11.8. The molecular formula is C15H11FO. The van der Waals surface area contributed by atoms with Crippen LogP contribution in [0.5, 0.6) is 0 Å². The van der Waals surface area contributed by atoms with Crippen LogP contribution in [0.2, 0.25) is 0 Å². The molecule has 0 bridgehead atoms. The second-order valence-electron chi connectivity index (χ2n) is 4.27. The van der Waals surface area contributed by atoms with Gasteiger partial charge < -0.3 is 0 Å². The number of rotatable bonds is 1. The predicted molar refractivity (Wildman–Crippen MR) is 64.5 cm³/mol. The average Bonchev–Trinajstić information content (AvgIpc) is 2.71. The van der Waals surface area contributed by atoms with Gasteiger partial charge in [0.05, 0.1) is 0 Å². The van der Waals surface area contributed by atoms with Crippen molar-refractivity contribution in [1.82, 2.24) is 0 Å². The van der Waals surface area contributed by atoms with Gasteiger partial charge in [-0.05, 0) is 29.7 Å². The lowest BCUT2D eigenvalue weighted by atomic mass is 10.00. The summed E-state index contributed by atoms with van der Waals surface area (Å²) in [7, 11) is 0. The summed E-state index contributed by atoms with van der Waals surface area (Å²) >= 11 is 0.